The molecule has 0 unspecified atom stereocenters. The van der Waals surface area contributed by atoms with Gasteiger partial charge in [-0.1, -0.05) is 6.07 Å². The lowest BCUT2D eigenvalue weighted by molar-refractivity contribution is -0.142. The zero-order valence-corrected chi connectivity index (χ0v) is 13.5. The van der Waals surface area contributed by atoms with Gasteiger partial charge in [0.2, 0.25) is 5.91 Å². The summed E-state index contributed by atoms with van der Waals surface area (Å²) in [7, 11) is 0. The molecular weight excluding hydrogens is 308 g/mol. The predicted octanol–water partition coefficient (Wildman–Crippen LogP) is 2.74. The molecule has 0 radical (unpaired) electrons. The van der Waals surface area contributed by atoms with Crippen molar-refractivity contribution in [3.63, 3.8) is 0 Å². The average molecular weight is 324 g/mol. The third-order valence-corrected chi connectivity index (χ3v) is 5.04. The summed E-state index contributed by atoms with van der Waals surface area (Å²) >= 11 is 3.07. The molecule has 0 fully saturated rings. The van der Waals surface area contributed by atoms with Crippen LogP contribution in [-0.4, -0.2) is 28.0 Å². The number of hydrogen-bond donors (Lipinski definition) is 2. The fraction of sp³-hybridized carbons (Fsp3) is 0.357. The van der Waals surface area contributed by atoms with E-state index in [-0.39, 0.29) is 5.91 Å². The van der Waals surface area contributed by atoms with Gasteiger partial charge in [-0.25, -0.2) is 4.98 Å². The number of thiazole rings is 1. The van der Waals surface area contributed by atoms with Gasteiger partial charge in [0, 0.05) is 5.38 Å². The SMILES string of the molecule is C[C@H](NC(=O)C(C)(C)c1csc(-c2cccs2)n1)C(=O)O. The van der Waals surface area contributed by atoms with E-state index in [4.69, 9.17) is 5.11 Å². The minimum Gasteiger partial charge on any atom is -0.480 e. The molecule has 0 aliphatic heterocycles. The molecule has 0 aliphatic carbocycles. The van der Waals surface area contributed by atoms with Crippen LogP contribution in [0.2, 0.25) is 0 Å². The standard InChI is InChI=1S/C14H16N2O3S2/c1-8(12(17)18)15-13(19)14(2,3)10-7-21-11(16-10)9-5-4-6-20-9/h4-8H,1-3H3,(H,15,19)(H,17,18)/t8-/m0/s1. The quantitative estimate of drug-likeness (QED) is 0.886. The molecule has 2 aromatic rings. The first-order chi connectivity index (χ1) is 9.82. The number of amides is 1. The van der Waals surface area contributed by atoms with Gasteiger partial charge in [-0.05, 0) is 32.2 Å². The number of aliphatic carboxylic acids is 1. The van der Waals surface area contributed by atoms with Gasteiger partial charge in [0.1, 0.15) is 11.0 Å². The van der Waals surface area contributed by atoms with Crippen LogP contribution in [0.3, 0.4) is 0 Å². The average Bonchev–Trinajstić information content (AvgIpc) is 3.09. The highest BCUT2D eigenvalue weighted by Gasteiger charge is 2.34. The maximum atomic E-state index is 12.3. The molecule has 7 heteroatoms. The summed E-state index contributed by atoms with van der Waals surface area (Å²) < 4.78 is 0. The summed E-state index contributed by atoms with van der Waals surface area (Å²) in [5.74, 6) is -1.41. The second kappa shape index (κ2) is 5.95. The summed E-state index contributed by atoms with van der Waals surface area (Å²) in [6.07, 6.45) is 0. The molecular formula is C14H16N2O3S2. The zero-order valence-electron chi connectivity index (χ0n) is 11.9. The Bertz CT molecular complexity index is 647. The van der Waals surface area contributed by atoms with Crippen molar-refractivity contribution in [3.05, 3.63) is 28.6 Å². The summed E-state index contributed by atoms with van der Waals surface area (Å²) in [5.41, 5.74) is -0.235. The number of carbonyl (C=O) groups is 2. The second-order valence-corrected chi connectivity index (χ2v) is 6.98. The second-order valence-electron chi connectivity index (χ2n) is 5.17. The first kappa shape index (κ1) is 15.7. The van der Waals surface area contributed by atoms with Gasteiger partial charge in [0.25, 0.3) is 0 Å². The topological polar surface area (TPSA) is 79.3 Å². The van der Waals surface area contributed by atoms with Crippen molar-refractivity contribution in [1.82, 2.24) is 10.3 Å². The number of nitrogens with zero attached hydrogens (tertiary/aromatic N) is 1. The maximum absolute atomic E-state index is 12.3. The molecule has 5 nitrogen and oxygen atoms in total. The summed E-state index contributed by atoms with van der Waals surface area (Å²) in [6, 6.07) is 3.01. The molecule has 0 saturated heterocycles. The molecule has 2 rings (SSSR count). The fourth-order valence-electron chi connectivity index (χ4n) is 1.63. The third-order valence-electron chi connectivity index (χ3n) is 3.16. The van der Waals surface area contributed by atoms with E-state index in [1.165, 1.54) is 18.3 Å². The van der Waals surface area contributed by atoms with E-state index in [1.807, 2.05) is 22.9 Å². The van der Waals surface area contributed by atoms with Gasteiger partial charge in [0.15, 0.2) is 0 Å². The Kier molecular flexibility index (Phi) is 4.43. The van der Waals surface area contributed by atoms with Crippen molar-refractivity contribution < 1.29 is 14.7 Å². The Morgan fingerprint density at radius 1 is 1.38 bits per heavy atom. The first-order valence-corrected chi connectivity index (χ1v) is 8.12. The van der Waals surface area contributed by atoms with E-state index in [9.17, 15) is 9.59 Å². The van der Waals surface area contributed by atoms with Crippen LogP contribution in [0.25, 0.3) is 9.88 Å². The summed E-state index contributed by atoms with van der Waals surface area (Å²) in [4.78, 5) is 28.7. The number of aromatic nitrogens is 1. The lowest BCUT2D eigenvalue weighted by atomic mass is 9.88. The first-order valence-electron chi connectivity index (χ1n) is 6.36. The van der Waals surface area contributed by atoms with Crippen molar-refractivity contribution in [3.8, 4) is 9.88 Å². The predicted molar refractivity (Wildman–Crippen MR) is 83.7 cm³/mol. The minimum absolute atomic E-state index is 0.347. The molecule has 21 heavy (non-hydrogen) atoms. The number of nitrogens with one attached hydrogen (secondary N) is 1. The third kappa shape index (κ3) is 3.30. The van der Waals surface area contributed by atoms with Crippen LogP contribution < -0.4 is 5.32 Å². The van der Waals surface area contributed by atoms with Gasteiger partial charge in [-0.3, -0.25) is 9.59 Å². The molecule has 2 N–H and O–H groups in total. The largest absolute Gasteiger partial charge is 0.480 e. The lowest BCUT2D eigenvalue weighted by Crippen LogP contribution is -2.47. The van der Waals surface area contributed by atoms with Crippen LogP contribution >= 0.6 is 22.7 Å². The Balaban J connectivity index is 2.19. The number of carboxylic acid groups (broad SMARTS) is 1. The van der Waals surface area contributed by atoms with Crippen LogP contribution in [-0.2, 0) is 15.0 Å². The molecule has 1 amide bonds. The van der Waals surface area contributed by atoms with Crippen molar-refractivity contribution in [2.24, 2.45) is 0 Å². The van der Waals surface area contributed by atoms with Crippen LogP contribution in [0.15, 0.2) is 22.9 Å². The van der Waals surface area contributed by atoms with E-state index in [1.54, 1.807) is 25.2 Å². The molecule has 2 aromatic heterocycles. The zero-order chi connectivity index (χ0) is 15.6. The van der Waals surface area contributed by atoms with Crippen LogP contribution in [0, 0.1) is 0 Å². The number of carboxylic acids is 1. The fourth-order valence-corrected chi connectivity index (χ4v) is 3.43. The summed E-state index contributed by atoms with van der Waals surface area (Å²) in [5, 5.41) is 16.1. The highest BCUT2D eigenvalue weighted by atomic mass is 32.1. The van der Waals surface area contributed by atoms with Crippen LogP contribution in [0.1, 0.15) is 26.5 Å². The normalized spacial score (nSPS) is 12.9. The van der Waals surface area contributed by atoms with Gasteiger partial charge in [-0.15, -0.1) is 22.7 Å². The minimum atomic E-state index is -1.06. The number of thiophene rings is 1. The van der Waals surface area contributed by atoms with Gasteiger partial charge in [-0.2, -0.15) is 0 Å². The molecule has 0 bridgehead atoms. The Labute approximate surface area is 130 Å². The van der Waals surface area contributed by atoms with Crippen LogP contribution in [0.4, 0.5) is 0 Å². The molecule has 1 atom stereocenters. The lowest BCUT2D eigenvalue weighted by Gasteiger charge is -2.23. The highest BCUT2D eigenvalue weighted by Crippen LogP contribution is 2.32. The van der Waals surface area contributed by atoms with Gasteiger partial charge in [0.05, 0.1) is 16.0 Å². The van der Waals surface area contributed by atoms with E-state index >= 15 is 0 Å². The number of carbonyl (C=O) groups excluding carboxylic acids is 1. The van der Waals surface area contributed by atoms with Crippen molar-refractivity contribution in [2.75, 3.05) is 0 Å². The monoisotopic (exact) mass is 324 g/mol. The Morgan fingerprint density at radius 3 is 2.67 bits per heavy atom. The summed E-state index contributed by atoms with van der Waals surface area (Å²) in [6.45, 7) is 4.92. The number of hydrogen-bond acceptors (Lipinski definition) is 5. The maximum Gasteiger partial charge on any atom is 0.325 e. The molecule has 2 heterocycles. The molecule has 0 aromatic carbocycles. The van der Waals surface area contributed by atoms with E-state index in [0.29, 0.717) is 5.69 Å². The van der Waals surface area contributed by atoms with E-state index < -0.39 is 17.4 Å². The van der Waals surface area contributed by atoms with Gasteiger partial charge < -0.3 is 10.4 Å². The Morgan fingerprint density at radius 2 is 2.10 bits per heavy atom. The molecule has 0 spiro atoms. The van der Waals surface area contributed by atoms with Crippen molar-refractivity contribution in [2.45, 2.75) is 32.2 Å². The highest BCUT2D eigenvalue weighted by molar-refractivity contribution is 7.20. The number of rotatable bonds is 5. The van der Waals surface area contributed by atoms with Gasteiger partial charge >= 0.3 is 5.97 Å². The smallest absolute Gasteiger partial charge is 0.325 e. The van der Waals surface area contributed by atoms with Crippen LogP contribution in [0.5, 0.6) is 0 Å². The molecule has 112 valence electrons. The molecule has 0 saturated carbocycles. The van der Waals surface area contributed by atoms with E-state index in [2.05, 4.69) is 10.3 Å². The van der Waals surface area contributed by atoms with Crippen molar-refractivity contribution in [1.29, 1.82) is 0 Å². The van der Waals surface area contributed by atoms with E-state index in [0.717, 1.165) is 9.88 Å². The molecule has 0 aliphatic rings. The Hall–Kier alpha value is -1.73. The van der Waals surface area contributed by atoms with Crippen molar-refractivity contribution >= 4 is 34.6 Å².